The fourth-order valence-corrected chi connectivity index (χ4v) is 6.50. The molecule has 0 radical (unpaired) electrons. The van der Waals surface area contributed by atoms with Gasteiger partial charge in [0.1, 0.15) is 5.75 Å². The van der Waals surface area contributed by atoms with Gasteiger partial charge in [0.15, 0.2) is 0 Å². The van der Waals surface area contributed by atoms with Gasteiger partial charge in [-0.25, -0.2) is 0 Å². The maximum absolute atomic E-state index is 13.0. The van der Waals surface area contributed by atoms with E-state index in [1.54, 1.807) is 12.3 Å². The summed E-state index contributed by atoms with van der Waals surface area (Å²) in [7, 11) is 1.50. The molecule has 3 aromatic rings. The number of carbonyl (C=O) groups excluding carboxylic acids is 2. The number of benzene rings is 2. The summed E-state index contributed by atoms with van der Waals surface area (Å²) in [4.78, 5) is 31.6. The number of aromatic hydroxyl groups is 1. The Kier molecular flexibility index (Phi) is 7.88. The van der Waals surface area contributed by atoms with Crippen LogP contribution in [0.4, 0.5) is 0 Å². The molecule has 5 rings (SSSR count). The van der Waals surface area contributed by atoms with Crippen molar-refractivity contribution < 1.29 is 24.9 Å². The van der Waals surface area contributed by atoms with Crippen molar-refractivity contribution in [3.05, 3.63) is 83.2 Å². The first-order chi connectivity index (χ1) is 19.2. The topological polar surface area (TPSA) is 111 Å². The summed E-state index contributed by atoms with van der Waals surface area (Å²) in [5.41, 5.74) is 4.29. The van der Waals surface area contributed by atoms with Crippen LogP contribution in [0.25, 0.3) is 22.4 Å². The van der Waals surface area contributed by atoms with Crippen molar-refractivity contribution in [3.8, 4) is 5.75 Å². The molecule has 2 amide bonds. The number of allylic oxidation sites excluding steroid dienone is 2. The second-order valence-electron chi connectivity index (χ2n) is 11.2. The Hall–Kier alpha value is -3.81. The van der Waals surface area contributed by atoms with E-state index in [1.807, 2.05) is 68.5 Å². The van der Waals surface area contributed by atoms with E-state index in [0.29, 0.717) is 24.8 Å². The molecule has 1 aliphatic heterocycles. The highest BCUT2D eigenvalue weighted by molar-refractivity contribution is 6.05. The zero-order valence-corrected chi connectivity index (χ0v) is 23.1. The maximum Gasteiger partial charge on any atom is 0.233 e. The van der Waals surface area contributed by atoms with Crippen LogP contribution in [0.1, 0.15) is 44.4 Å². The van der Waals surface area contributed by atoms with Gasteiger partial charge in [-0.2, -0.15) is 0 Å². The molecule has 208 valence electrons. The number of aliphatic hydroxyl groups excluding tert-OH is 2. The van der Waals surface area contributed by atoms with Crippen molar-refractivity contribution in [2.75, 3.05) is 13.7 Å². The number of nitrogens with zero attached hydrogens (tertiary/aromatic N) is 2. The van der Waals surface area contributed by atoms with Crippen molar-refractivity contribution in [2.24, 2.45) is 23.7 Å². The quantitative estimate of drug-likeness (QED) is 0.279. The van der Waals surface area contributed by atoms with Gasteiger partial charge in [-0.05, 0) is 71.6 Å². The van der Waals surface area contributed by atoms with Crippen molar-refractivity contribution >= 4 is 34.2 Å². The van der Waals surface area contributed by atoms with Gasteiger partial charge >= 0.3 is 0 Å². The van der Waals surface area contributed by atoms with E-state index in [4.69, 9.17) is 0 Å². The highest BCUT2D eigenvalue weighted by atomic mass is 16.3. The Bertz CT molecular complexity index is 1490. The minimum atomic E-state index is -0.895. The van der Waals surface area contributed by atoms with Gasteiger partial charge in [-0.3, -0.25) is 19.5 Å². The van der Waals surface area contributed by atoms with E-state index < -0.39 is 23.9 Å². The minimum absolute atomic E-state index is 0.0580. The number of aliphatic hydroxyl groups is 2. The summed E-state index contributed by atoms with van der Waals surface area (Å²) in [6.07, 6.45) is 4.15. The number of rotatable bonds is 8. The van der Waals surface area contributed by atoms with E-state index in [9.17, 15) is 24.9 Å². The number of fused-ring (bicyclic) bond motifs is 2. The van der Waals surface area contributed by atoms with Crippen LogP contribution < -0.4 is 0 Å². The fraction of sp³-hybridized carbons (Fsp3) is 0.364. The molecule has 2 heterocycles. The van der Waals surface area contributed by atoms with Crippen molar-refractivity contribution in [3.63, 3.8) is 0 Å². The van der Waals surface area contributed by atoms with Crippen molar-refractivity contribution in [1.82, 2.24) is 9.88 Å². The molecule has 3 N–H and O–H groups in total. The third-order valence-electron chi connectivity index (χ3n) is 8.54. The average Bonchev–Trinajstić information content (AvgIpc) is 3.19. The van der Waals surface area contributed by atoms with Crippen LogP contribution in [0.3, 0.4) is 0 Å². The van der Waals surface area contributed by atoms with Crippen LogP contribution >= 0.6 is 0 Å². The number of phenols is 1. The smallest absolute Gasteiger partial charge is 0.233 e. The Morgan fingerprint density at radius 1 is 1.05 bits per heavy atom. The molecule has 1 saturated heterocycles. The lowest BCUT2D eigenvalue weighted by Crippen LogP contribution is -2.39. The molecule has 7 nitrogen and oxygen atoms in total. The normalized spacial score (nSPS) is 22.4. The Morgan fingerprint density at radius 3 is 2.45 bits per heavy atom. The second kappa shape index (κ2) is 11.4. The standard InChI is InChI=1S/C33H36N2O5/c1-19(2)24-17-25-31(33(40)35(3)32(25)39)26(18-36)30(24)29(38)14-12-21(27-10-6-7-15-34-27)16-20-11-13-28(37)23-9-5-4-8-22(20)23/h4-11,13,15-16,19,25-26,29,31,36-38H,12,14,17-18H2,1-3H3/b21-16-/t25-,26+,29-,31-/m1/s1. The minimum Gasteiger partial charge on any atom is -0.507 e. The fourth-order valence-electron chi connectivity index (χ4n) is 6.50. The number of aromatic nitrogens is 1. The van der Waals surface area contributed by atoms with Crippen LogP contribution in [0.15, 0.2) is 71.9 Å². The van der Waals surface area contributed by atoms with Crippen LogP contribution in [0, 0.1) is 23.7 Å². The molecule has 7 heteroatoms. The van der Waals surface area contributed by atoms with Crippen molar-refractivity contribution in [2.45, 2.75) is 39.2 Å². The lowest BCUT2D eigenvalue weighted by atomic mass is 9.66. The third kappa shape index (κ3) is 4.95. The summed E-state index contributed by atoms with van der Waals surface area (Å²) in [6.45, 7) is 3.74. The largest absolute Gasteiger partial charge is 0.507 e. The zero-order chi connectivity index (χ0) is 28.6. The summed E-state index contributed by atoms with van der Waals surface area (Å²) in [5, 5.41) is 34.1. The van der Waals surface area contributed by atoms with Gasteiger partial charge in [0.2, 0.25) is 11.8 Å². The molecule has 2 aromatic carbocycles. The maximum atomic E-state index is 13.0. The van der Waals surface area contributed by atoms with E-state index in [-0.39, 0.29) is 30.1 Å². The highest BCUT2D eigenvalue weighted by Crippen LogP contribution is 2.47. The molecule has 0 bridgehead atoms. The summed E-state index contributed by atoms with van der Waals surface area (Å²) >= 11 is 0. The van der Waals surface area contributed by atoms with Gasteiger partial charge in [-0.15, -0.1) is 0 Å². The Balaban J connectivity index is 1.50. The van der Waals surface area contributed by atoms with Crippen molar-refractivity contribution in [1.29, 1.82) is 0 Å². The van der Waals surface area contributed by atoms with Gasteiger partial charge in [-0.1, -0.05) is 55.8 Å². The van der Waals surface area contributed by atoms with E-state index in [1.165, 1.54) is 11.9 Å². The summed E-state index contributed by atoms with van der Waals surface area (Å²) in [6, 6.07) is 16.9. The predicted molar refractivity (Wildman–Crippen MR) is 155 cm³/mol. The van der Waals surface area contributed by atoms with Gasteiger partial charge in [0.25, 0.3) is 0 Å². The number of carbonyl (C=O) groups is 2. The predicted octanol–water partition coefficient (Wildman–Crippen LogP) is 4.82. The Labute approximate surface area is 234 Å². The molecule has 1 aromatic heterocycles. The first kappa shape index (κ1) is 27.7. The van der Waals surface area contributed by atoms with Crippen LogP contribution in [0.5, 0.6) is 5.75 Å². The lowest BCUT2D eigenvalue weighted by molar-refractivity contribution is -0.138. The van der Waals surface area contributed by atoms with Crippen LogP contribution in [-0.2, 0) is 9.59 Å². The number of phenolic OH excluding ortho intramolecular Hbond substituents is 1. The number of likely N-dealkylation sites (tertiary alicyclic amines) is 1. The van der Waals surface area contributed by atoms with E-state index in [0.717, 1.165) is 33.2 Å². The SMILES string of the molecule is CC(C)C1=C([C@H](O)CC/C(=C/c2ccc(O)c3ccccc23)c2ccccn2)[C@H](CO)[C@@H]2C(=O)N(C)C(=O)[C@@H]2C1. The highest BCUT2D eigenvalue weighted by Gasteiger charge is 2.53. The average molecular weight is 541 g/mol. The number of amides is 2. The molecule has 1 aliphatic carbocycles. The molecule has 1 fully saturated rings. The lowest BCUT2D eigenvalue weighted by Gasteiger charge is -2.38. The first-order valence-corrected chi connectivity index (χ1v) is 13.9. The molecule has 0 saturated carbocycles. The second-order valence-corrected chi connectivity index (χ2v) is 11.2. The zero-order valence-electron chi connectivity index (χ0n) is 23.1. The monoisotopic (exact) mass is 540 g/mol. The number of hydrogen-bond donors (Lipinski definition) is 3. The number of hydrogen-bond acceptors (Lipinski definition) is 6. The van der Waals surface area contributed by atoms with Crippen LogP contribution in [0.2, 0.25) is 0 Å². The third-order valence-corrected chi connectivity index (χ3v) is 8.54. The summed E-state index contributed by atoms with van der Waals surface area (Å²) in [5.74, 6) is -1.96. The molecular formula is C33H36N2O5. The van der Waals surface area contributed by atoms with Gasteiger partial charge in [0, 0.05) is 24.5 Å². The molecule has 4 atom stereocenters. The molecule has 0 spiro atoms. The molecule has 0 unspecified atom stereocenters. The van der Waals surface area contributed by atoms with Crippen LogP contribution in [-0.4, -0.2) is 56.8 Å². The summed E-state index contributed by atoms with van der Waals surface area (Å²) < 4.78 is 0. The van der Waals surface area contributed by atoms with Gasteiger partial charge < -0.3 is 15.3 Å². The number of pyridine rings is 1. The molecule has 2 aliphatic rings. The van der Waals surface area contributed by atoms with E-state index >= 15 is 0 Å². The van der Waals surface area contributed by atoms with Gasteiger partial charge in [0.05, 0.1) is 30.2 Å². The molecular weight excluding hydrogens is 504 g/mol. The molecule has 40 heavy (non-hydrogen) atoms. The van der Waals surface area contributed by atoms with E-state index in [2.05, 4.69) is 4.98 Å². The first-order valence-electron chi connectivity index (χ1n) is 13.9. The Morgan fingerprint density at radius 2 is 1.77 bits per heavy atom. The number of imide groups is 1.